The summed E-state index contributed by atoms with van der Waals surface area (Å²) in [5.41, 5.74) is 1.88. The molecule has 3 aromatic rings. The lowest BCUT2D eigenvalue weighted by atomic mass is 9.84. The molecule has 1 N–H and O–H groups in total. The van der Waals surface area contributed by atoms with Crippen LogP contribution < -0.4 is 5.32 Å². The zero-order chi connectivity index (χ0) is 19.2. The molecule has 0 saturated heterocycles. The summed E-state index contributed by atoms with van der Waals surface area (Å²) in [4.78, 5) is 19.0. The maximum Gasteiger partial charge on any atom is 0.232 e. The maximum absolute atomic E-state index is 13.4. The largest absolute Gasteiger partial charge is 0.323 e. The van der Waals surface area contributed by atoms with E-state index in [1.807, 2.05) is 48.5 Å². The Morgan fingerprint density at radius 1 is 0.929 bits per heavy atom. The highest BCUT2D eigenvalue weighted by Gasteiger charge is 2.32. The van der Waals surface area contributed by atoms with Crippen LogP contribution in [0.3, 0.4) is 0 Å². The zero-order valence-electron chi connectivity index (χ0n) is 15.8. The monoisotopic (exact) mass is 388 g/mol. The van der Waals surface area contributed by atoms with E-state index in [1.165, 1.54) is 12.8 Å². The van der Waals surface area contributed by atoms with Crippen molar-refractivity contribution < 1.29 is 4.79 Å². The van der Waals surface area contributed by atoms with Crippen LogP contribution in [0.25, 0.3) is 0 Å². The van der Waals surface area contributed by atoms with Gasteiger partial charge < -0.3 is 5.32 Å². The van der Waals surface area contributed by atoms with Crippen molar-refractivity contribution in [3.63, 3.8) is 0 Å². The Morgan fingerprint density at radius 2 is 1.61 bits per heavy atom. The Balaban J connectivity index is 1.58. The van der Waals surface area contributed by atoms with E-state index in [0.717, 1.165) is 34.0 Å². The first kappa shape index (κ1) is 18.8. The molecular formula is C24H24N2OS. The van der Waals surface area contributed by atoms with Crippen molar-refractivity contribution >= 4 is 23.4 Å². The van der Waals surface area contributed by atoms with Crippen molar-refractivity contribution in [1.82, 2.24) is 4.98 Å². The van der Waals surface area contributed by atoms with E-state index < -0.39 is 0 Å². The van der Waals surface area contributed by atoms with E-state index in [1.54, 1.807) is 18.0 Å². The number of carbonyl (C=O) groups excluding carboxylic acids is 1. The summed E-state index contributed by atoms with van der Waals surface area (Å²) in [6, 6.07) is 24.1. The van der Waals surface area contributed by atoms with Gasteiger partial charge in [0.1, 0.15) is 5.03 Å². The second-order valence-electron chi connectivity index (χ2n) is 7.19. The lowest BCUT2D eigenvalue weighted by Gasteiger charge is -2.23. The molecule has 1 saturated carbocycles. The predicted octanol–water partition coefficient (Wildman–Crippen LogP) is 6.15. The average molecular weight is 389 g/mol. The third kappa shape index (κ3) is 4.45. The average Bonchev–Trinajstić information content (AvgIpc) is 3.25. The van der Waals surface area contributed by atoms with Gasteiger partial charge in [-0.15, -0.1) is 0 Å². The van der Waals surface area contributed by atoms with E-state index in [9.17, 15) is 4.79 Å². The minimum absolute atomic E-state index is 0.0704. The minimum Gasteiger partial charge on any atom is -0.323 e. The molecule has 1 aromatic heterocycles. The summed E-state index contributed by atoms with van der Waals surface area (Å²) < 4.78 is 0. The molecule has 0 radical (unpaired) electrons. The zero-order valence-corrected chi connectivity index (χ0v) is 16.6. The van der Waals surface area contributed by atoms with Gasteiger partial charge >= 0.3 is 0 Å². The normalized spacial score (nSPS) is 15.3. The smallest absolute Gasteiger partial charge is 0.232 e. The molecule has 1 aliphatic rings. The number of nitrogens with zero attached hydrogens (tertiary/aromatic N) is 1. The molecule has 28 heavy (non-hydrogen) atoms. The van der Waals surface area contributed by atoms with Crippen molar-refractivity contribution in [1.29, 1.82) is 0 Å². The Kier molecular flexibility index (Phi) is 6.07. The first-order valence-electron chi connectivity index (χ1n) is 9.85. The number of rotatable bonds is 6. The first-order valence-corrected chi connectivity index (χ1v) is 10.7. The Bertz CT molecular complexity index is 908. The fourth-order valence-electron chi connectivity index (χ4n) is 3.97. The molecule has 0 bridgehead atoms. The van der Waals surface area contributed by atoms with Gasteiger partial charge in [0, 0.05) is 11.1 Å². The molecule has 1 unspecified atom stereocenters. The number of hydrogen-bond donors (Lipinski definition) is 1. The van der Waals surface area contributed by atoms with Gasteiger partial charge in [-0.1, -0.05) is 73.1 Å². The molecule has 1 heterocycles. The molecule has 142 valence electrons. The molecule has 4 rings (SSSR count). The van der Waals surface area contributed by atoms with E-state index >= 15 is 0 Å². The van der Waals surface area contributed by atoms with Crippen LogP contribution >= 0.6 is 11.8 Å². The van der Waals surface area contributed by atoms with Gasteiger partial charge in [0.05, 0.1) is 11.6 Å². The van der Waals surface area contributed by atoms with Crippen molar-refractivity contribution in [2.45, 2.75) is 41.5 Å². The summed E-state index contributed by atoms with van der Waals surface area (Å²) >= 11 is 1.57. The maximum atomic E-state index is 13.4. The molecule has 0 spiro atoms. The topological polar surface area (TPSA) is 42.0 Å². The number of anilines is 1. The van der Waals surface area contributed by atoms with Gasteiger partial charge in [0.15, 0.2) is 0 Å². The fourth-order valence-corrected chi connectivity index (χ4v) is 4.83. The van der Waals surface area contributed by atoms with Crippen LogP contribution in [-0.2, 0) is 4.79 Å². The molecule has 1 aliphatic carbocycles. The van der Waals surface area contributed by atoms with Crippen LogP contribution in [0.1, 0.15) is 37.2 Å². The third-order valence-electron chi connectivity index (χ3n) is 5.30. The van der Waals surface area contributed by atoms with Crippen LogP contribution in [0.5, 0.6) is 0 Å². The van der Waals surface area contributed by atoms with Gasteiger partial charge in [-0.2, -0.15) is 0 Å². The standard InChI is InChI=1S/C24H24N2OS/c27-23(22(19-12-7-8-13-19)18-10-3-1-4-11-18)26-21-16-9-17-25-24(21)28-20-14-5-2-6-15-20/h1-6,9-11,14-17,19,22H,7-8,12-13H2,(H,26,27). The number of nitrogens with one attached hydrogen (secondary N) is 1. The number of carbonyl (C=O) groups is 1. The highest BCUT2D eigenvalue weighted by atomic mass is 32.2. The van der Waals surface area contributed by atoms with Crippen molar-refractivity contribution in [2.75, 3.05) is 5.32 Å². The Hall–Kier alpha value is -2.59. The first-order chi connectivity index (χ1) is 13.8. The number of hydrogen-bond acceptors (Lipinski definition) is 3. The third-order valence-corrected chi connectivity index (χ3v) is 6.33. The second kappa shape index (κ2) is 9.07. The van der Waals surface area contributed by atoms with E-state index in [2.05, 4.69) is 34.6 Å². The lowest BCUT2D eigenvalue weighted by molar-refractivity contribution is -0.118. The molecule has 3 nitrogen and oxygen atoms in total. The molecule has 0 aliphatic heterocycles. The Labute approximate surface area is 170 Å². The molecular weight excluding hydrogens is 364 g/mol. The van der Waals surface area contributed by atoms with E-state index in [0.29, 0.717) is 5.92 Å². The highest BCUT2D eigenvalue weighted by molar-refractivity contribution is 7.99. The quantitative estimate of drug-likeness (QED) is 0.551. The number of amides is 1. The molecule has 1 amide bonds. The van der Waals surface area contributed by atoms with Gasteiger partial charge in [-0.05, 0) is 48.6 Å². The van der Waals surface area contributed by atoms with Gasteiger partial charge in [0.25, 0.3) is 0 Å². The molecule has 4 heteroatoms. The highest BCUT2D eigenvalue weighted by Crippen LogP contribution is 2.39. The van der Waals surface area contributed by atoms with Crippen LogP contribution in [0.4, 0.5) is 5.69 Å². The minimum atomic E-state index is -0.113. The number of benzene rings is 2. The Morgan fingerprint density at radius 3 is 2.32 bits per heavy atom. The van der Waals surface area contributed by atoms with E-state index in [-0.39, 0.29) is 11.8 Å². The van der Waals surface area contributed by atoms with Crippen LogP contribution in [-0.4, -0.2) is 10.9 Å². The summed E-state index contributed by atoms with van der Waals surface area (Å²) in [5.74, 6) is 0.365. The summed E-state index contributed by atoms with van der Waals surface area (Å²) in [5, 5.41) is 4.00. The van der Waals surface area contributed by atoms with Crippen molar-refractivity contribution in [2.24, 2.45) is 5.92 Å². The summed E-state index contributed by atoms with van der Waals surface area (Å²) in [6.45, 7) is 0. The van der Waals surface area contributed by atoms with Crippen molar-refractivity contribution in [3.8, 4) is 0 Å². The number of aromatic nitrogens is 1. The van der Waals surface area contributed by atoms with Crippen molar-refractivity contribution in [3.05, 3.63) is 84.6 Å². The van der Waals surface area contributed by atoms with Crippen LogP contribution in [0.15, 0.2) is 88.9 Å². The fraction of sp³-hybridized carbons (Fsp3) is 0.250. The summed E-state index contributed by atoms with van der Waals surface area (Å²) in [7, 11) is 0. The molecule has 2 aromatic carbocycles. The van der Waals surface area contributed by atoms with Crippen LogP contribution in [0, 0.1) is 5.92 Å². The number of pyridine rings is 1. The SMILES string of the molecule is O=C(Nc1cccnc1Sc1ccccc1)C(c1ccccc1)C1CCCC1. The van der Waals surface area contributed by atoms with E-state index in [4.69, 9.17) is 0 Å². The second-order valence-corrected chi connectivity index (χ2v) is 8.26. The van der Waals surface area contributed by atoms with Gasteiger partial charge in [-0.25, -0.2) is 4.98 Å². The van der Waals surface area contributed by atoms with Gasteiger partial charge in [0.2, 0.25) is 5.91 Å². The predicted molar refractivity (Wildman–Crippen MR) is 115 cm³/mol. The van der Waals surface area contributed by atoms with Crippen LogP contribution in [0.2, 0.25) is 0 Å². The molecule has 1 fully saturated rings. The molecule has 1 atom stereocenters. The summed E-state index contributed by atoms with van der Waals surface area (Å²) in [6.07, 6.45) is 6.43. The lowest BCUT2D eigenvalue weighted by Crippen LogP contribution is -2.26. The van der Waals surface area contributed by atoms with Gasteiger partial charge in [-0.3, -0.25) is 4.79 Å².